The number of halogens is 1. The molecule has 0 bridgehead atoms. The lowest BCUT2D eigenvalue weighted by atomic mass is 10.4. The van der Waals surface area contributed by atoms with Gasteiger partial charge in [-0.15, -0.1) is 11.3 Å². The second-order valence-electron chi connectivity index (χ2n) is 3.04. The number of hydrogen-bond acceptors (Lipinski definition) is 3. The van der Waals surface area contributed by atoms with Gasteiger partial charge in [-0.1, -0.05) is 6.07 Å². The summed E-state index contributed by atoms with van der Waals surface area (Å²) in [6, 6.07) is 6.01. The highest BCUT2D eigenvalue weighted by atomic mass is 79.9. The number of rotatable bonds is 1. The quantitative estimate of drug-likeness (QED) is 0.685. The zero-order valence-corrected chi connectivity index (χ0v) is 9.99. The van der Waals surface area contributed by atoms with Crippen molar-refractivity contribution in [1.29, 1.82) is 0 Å². The van der Waals surface area contributed by atoms with Gasteiger partial charge in [-0.2, -0.15) is 0 Å². The summed E-state index contributed by atoms with van der Waals surface area (Å²) in [6.07, 6.45) is 3.54. The van der Waals surface area contributed by atoms with E-state index in [0.717, 1.165) is 20.8 Å². The third kappa shape index (κ3) is 1.39. The zero-order valence-electron chi connectivity index (χ0n) is 7.59. The Kier molecular flexibility index (Phi) is 2.07. The van der Waals surface area contributed by atoms with Crippen molar-refractivity contribution >= 4 is 32.8 Å². The predicted molar refractivity (Wildman–Crippen MR) is 64.0 cm³/mol. The van der Waals surface area contributed by atoms with E-state index in [1.807, 2.05) is 21.9 Å². The normalized spacial score (nSPS) is 11.0. The Labute approximate surface area is 98.6 Å². The van der Waals surface area contributed by atoms with Gasteiger partial charge in [0.2, 0.25) is 0 Å². The Bertz CT molecular complexity index is 600. The summed E-state index contributed by atoms with van der Waals surface area (Å²) >= 11 is 5.12. The summed E-state index contributed by atoms with van der Waals surface area (Å²) in [6.45, 7) is 0. The maximum absolute atomic E-state index is 4.48. The predicted octanol–water partition coefficient (Wildman–Crippen LogP) is 3.22. The third-order valence-corrected chi connectivity index (χ3v) is 3.59. The highest BCUT2D eigenvalue weighted by Crippen LogP contribution is 2.28. The second kappa shape index (κ2) is 3.43. The Hall–Kier alpha value is -1.20. The van der Waals surface area contributed by atoms with Crippen molar-refractivity contribution in [3.8, 4) is 10.7 Å². The van der Waals surface area contributed by atoms with Gasteiger partial charge >= 0.3 is 0 Å². The molecule has 0 saturated heterocycles. The summed E-state index contributed by atoms with van der Waals surface area (Å²) in [5.74, 6) is 0.931. The average molecular weight is 280 g/mol. The van der Waals surface area contributed by atoms with Crippen molar-refractivity contribution in [2.24, 2.45) is 0 Å². The van der Waals surface area contributed by atoms with Crippen LogP contribution in [0.4, 0.5) is 0 Å². The molecule has 3 rings (SSSR count). The fraction of sp³-hybridized carbons (Fsp3) is 0. The van der Waals surface area contributed by atoms with Gasteiger partial charge in [-0.05, 0) is 33.4 Å². The van der Waals surface area contributed by atoms with E-state index in [-0.39, 0.29) is 0 Å². The summed E-state index contributed by atoms with van der Waals surface area (Å²) in [4.78, 5) is 9.73. The molecular formula is C10H6BrN3S. The van der Waals surface area contributed by atoms with Crippen LogP contribution in [0.5, 0.6) is 0 Å². The van der Waals surface area contributed by atoms with Crippen LogP contribution in [0, 0.1) is 0 Å². The molecule has 3 aromatic rings. The molecular weight excluding hydrogens is 274 g/mol. The van der Waals surface area contributed by atoms with Crippen molar-refractivity contribution in [3.63, 3.8) is 0 Å². The van der Waals surface area contributed by atoms with Crippen LogP contribution in [-0.2, 0) is 0 Å². The van der Waals surface area contributed by atoms with Crippen molar-refractivity contribution < 1.29 is 0 Å². The molecule has 0 saturated carbocycles. The summed E-state index contributed by atoms with van der Waals surface area (Å²) < 4.78 is 2.84. The van der Waals surface area contributed by atoms with Crippen LogP contribution >= 0.6 is 27.3 Å². The van der Waals surface area contributed by atoms with Gasteiger partial charge in [-0.3, -0.25) is 4.40 Å². The molecule has 0 fully saturated rings. The molecule has 0 aliphatic heterocycles. The maximum atomic E-state index is 4.48. The average Bonchev–Trinajstić information content (AvgIpc) is 2.87. The lowest BCUT2D eigenvalue weighted by Gasteiger charge is -1.95. The maximum Gasteiger partial charge on any atom is 0.157 e. The standard InChI is InChI=1S/C10H6BrN3S/c11-9-7-3-4-12-6-14(7)10(13-9)8-2-1-5-15-8/h1-6H. The van der Waals surface area contributed by atoms with Crippen LogP contribution in [0.3, 0.4) is 0 Å². The molecule has 0 atom stereocenters. The largest absolute Gasteiger partial charge is 0.281 e. The number of fused-ring (bicyclic) bond motifs is 1. The minimum atomic E-state index is 0.855. The molecule has 15 heavy (non-hydrogen) atoms. The summed E-state index contributed by atoms with van der Waals surface area (Å²) in [5.41, 5.74) is 1.04. The first-order valence-electron chi connectivity index (χ1n) is 4.38. The molecule has 0 aliphatic rings. The van der Waals surface area contributed by atoms with E-state index in [0.29, 0.717) is 0 Å². The number of imidazole rings is 1. The highest BCUT2D eigenvalue weighted by molar-refractivity contribution is 9.10. The van der Waals surface area contributed by atoms with E-state index >= 15 is 0 Å². The minimum Gasteiger partial charge on any atom is -0.281 e. The van der Waals surface area contributed by atoms with Crippen LogP contribution in [0.25, 0.3) is 16.2 Å². The zero-order chi connectivity index (χ0) is 10.3. The Balaban J connectivity index is 2.37. The molecule has 74 valence electrons. The molecule has 0 spiro atoms. The summed E-state index contributed by atoms with van der Waals surface area (Å²) in [5, 5.41) is 2.04. The van der Waals surface area contributed by atoms with E-state index in [2.05, 4.69) is 32.0 Å². The Morgan fingerprint density at radius 3 is 3.07 bits per heavy atom. The fourth-order valence-electron chi connectivity index (χ4n) is 1.48. The first-order valence-corrected chi connectivity index (χ1v) is 6.05. The van der Waals surface area contributed by atoms with Crippen molar-refractivity contribution in [2.45, 2.75) is 0 Å². The monoisotopic (exact) mass is 279 g/mol. The molecule has 0 unspecified atom stereocenters. The van der Waals surface area contributed by atoms with Crippen LogP contribution < -0.4 is 0 Å². The van der Waals surface area contributed by atoms with Crippen LogP contribution in [-0.4, -0.2) is 14.4 Å². The smallest absolute Gasteiger partial charge is 0.157 e. The van der Waals surface area contributed by atoms with E-state index in [1.54, 1.807) is 23.9 Å². The molecule has 3 nitrogen and oxygen atoms in total. The molecule has 0 N–H and O–H groups in total. The summed E-state index contributed by atoms with van der Waals surface area (Å²) in [7, 11) is 0. The SMILES string of the molecule is Brc1nc(-c2cccs2)n2cnccc12. The van der Waals surface area contributed by atoms with Gasteiger partial charge in [0.25, 0.3) is 0 Å². The highest BCUT2D eigenvalue weighted by Gasteiger charge is 2.10. The number of nitrogens with zero attached hydrogens (tertiary/aromatic N) is 3. The van der Waals surface area contributed by atoms with Gasteiger partial charge in [0.15, 0.2) is 5.82 Å². The number of aromatic nitrogens is 3. The number of hydrogen-bond donors (Lipinski definition) is 0. The van der Waals surface area contributed by atoms with Crippen molar-refractivity contribution in [3.05, 3.63) is 40.7 Å². The molecule has 0 amide bonds. The lowest BCUT2D eigenvalue weighted by Crippen LogP contribution is -1.87. The first kappa shape index (κ1) is 9.06. The van der Waals surface area contributed by atoms with Crippen molar-refractivity contribution in [2.75, 3.05) is 0 Å². The van der Waals surface area contributed by atoms with E-state index in [9.17, 15) is 0 Å². The van der Waals surface area contributed by atoms with Gasteiger partial charge in [0, 0.05) is 6.20 Å². The first-order chi connectivity index (χ1) is 7.36. The van der Waals surface area contributed by atoms with Crippen LogP contribution in [0.1, 0.15) is 0 Å². The van der Waals surface area contributed by atoms with Crippen LogP contribution in [0.2, 0.25) is 0 Å². The lowest BCUT2D eigenvalue weighted by molar-refractivity contribution is 1.09. The Morgan fingerprint density at radius 1 is 1.33 bits per heavy atom. The number of thiophene rings is 1. The second-order valence-corrected chi connectivity index (χ2v) is 4.74. The Morgan fingerprint density at radius 2 is 2.27 bits per heavy atom. The molecule has 3 aromatic heterocycles. The molecule has 0 radical (unpaired) electrons. The molecule has 5 heteroatoms. The van der Waals surface area contributed by atoms with Crippen molar-refractivity contribution in [1.82, 2.24) is 14.4 Å². The van der Waals surface area contributed by atoms with E-state index < -0.39 is 0 Å². The van der Waals surface area contributed by atoms with Gasteiger partial charge in [0.05, 0.1) is 10.4 Å². The van der Waals surface area contributed by atoms with E-state index in [1.165, 1.54) is 0 Å². The molecule has 0 aromatic carbocycles. The fourth-order valence-corrected chi connectivity index (χ4v) is 2.68. The van der Waals surface area contributed by atoms with Gasteiger partial charge < -0.3 is 0 Å². The van der Waals surface area contributed by atoms with Gasteiger partial charge in [-0.25, -0.2) is 9.97 Å². The molecule has 3 heterocycles. The van der Waals surface area contributed by atoms with Crippen LogP contribution in [0.15, 0.2) is 40.7 Å². The van der Waals surface area contributed by atoms with E-state index in [4.69, 9.17) is 0 Å². The molecule has 0 aliphatic carbocycles. The topological polar surface area (TPSA) is 30.2 Å². The third-order valence-electron chi connectivity index (χ3n) is 2.15. The minimum absolute atomic E-state index is 0.855. The van der Waals surface area contributed by atoms with Gasteiger partial charge in [0.1, 0.15) is 10.9 Å².